The molecule has 0 unspecified atom stereocenters. The summed E-state index contributed by atoms with van der Waals surface area (Å²) in [7, 11) is 0. The van der Waals surface area contributed by atoms with Gasteiger partial charge in [0.2, 0.25) is 0 Å². The largest absolute Gasteiger partial charge is 0.260 e. The molecule has 0 saturated carbocycles. The first kappa shape index (κ1) is 10.8. The standard InChI is InChI=1S/C12H18N2/c1-5-11-9-13-14(10-11)8-6-7-12(2,3)4/h9-10H,5,8H2,1-4H3. The van der Waals surface area contributed by atoms with Crippen LogP contribution in [0.25, 0.3) is 0 Å². The maximum Gasteiger partial charge on any atom is 0.102 e. The van der Waals surface area contributed by atoms with E-state index in [1.54, 1.807) is 0 Å². The molecule has 0 atom stereocenters. The van der Waals surface area contributed by atoms with E-state index in [2.05, 4.69) is 50.8 Å². The van der Waals surface area contributed by atoms with Crippen LogP contribution < -0.4 is 0 Å². The molecule has 0 aliphatic rings. The number of hydrogen-bond acceptors (Lipinski definition) is 1. The molecule has 1 rings (SSSR count). The lowest BCUT2D eigenvalue weighted by Crippen LogP contribution is -2.01. The van der Waals surface area contributed by atoms with E-state index in [1.165, 1.54) is 5.56 Å². The van der Waals surface area contributed by atoms with Crippen molar-refractivity contribution < 1.29 is 0 Å². The van der Waals surface area contributed by atoms with Gasteiger partial charge in [-0.25, -0.2) is 0 Å². The van der Waals surface area contributed by atoms with Gasteiger partial charge in [-0.3, -0.25) is 4.68 Å². The molecule has 76 valence electrons. The Bertz CT molecular complexity index is 344. The summed E-state index contributed by atoms with van der Waals surface area (Å²) in [5.74, 6) is 6.32. The average Bonchev–Trinajstić information content (AvgIpc) is 2.50. The zero-order valence-corrected chi connectivity index (χ0v) is 9.46. The number of aryl methyl sites for hydroxylation is 1. The fourth-order valence-corrected chi connectivity index (χ4v) is 1.06. The van der Waals surface area contributed by atoms with Crippen molar-refractivity contribution in [3.05, 3.63) is 18.0 Å². The highest BCUT2D eigenvalue weighted by Crippen LogP contribution is 2.09. The van der Waals surface area contributed by atoms with Crippen molar-refractivity contribution in [1.82, 2.24) is 9.78 Å². The van der Waals surface area contributed by atoms with Crippen molar-refractivity contribution in [2.24, 2.45) is 5.41 Å². The second kappa shape index (κ2) is 4.32. The molecule has 0 bridgehead atoms. The maximum absolute atomic E-state index is 4.22. The molecule has 0 spiro atoms. The molecule has 0 aromatic carbocycles. The van der Waals surface area contributed by atoms with E-state index >= 15 is 0 Å². The highest BCUT2D eigenvalue weighted by molar-refractivity contribution is 5.09. The molecule has 0 radical (unpaired) electrons. The molecular formula is C12H18N2. The van der Waals surface area contributed by atoms with E-state index in [0.717, 1.165) is 6.42 Å². The molecule has 2 nitrogen and oxygen atoms in total. The summed E-state index contributed by atoms with van der Waals surface area (Å²) in [4.78, 5) is 0. The lowest BCUT2D eigenvalue weighted by atomic mass is 9.98. The number of nitrogens with zero attached hydrogens (tertiary/aromatic N) is 2. The Labute approximate surface area is 86.3 Å². The summed E-state index contributed by atoms with van der Waals surface area (Å²) in [6, 6.07) is 0. The van der Waals surface area contributed by atoms with E-state index in [1.807, 2.05) is 10.9 Å². The number of hydrogen-bond donors (Lipinski definition) is 0. The summed E-state index contributed by atoms with van der Waals surface area (Å²) in [5.41, 5.74) is 1.35. The van der Waals surface area contributed by atoms with Crippen molar-refractivity contribution in [3.8, 4) is 11.8 Å². The van der Waals surface area contributed by atoms with Gasteiger partial charge in [0.15, 0.2) is 0 Å². The van der Waals surface area contributed by atoms with Crippen LogP contribution in [0.4, 0.5) is 0 Å². The molecule has 1 aromatic rings. The van der Waals surface area contributed by atoms with Crippen LogP contribution in [0.3, 0.4) is 0 Å². The predicted molar refractivity (Wildman–Crippen MR) is 58.8 cm³/mol. The van der Waals surface area contributed by atoms with Crippen molar-refractivity contribution in [2.45, 2.75) is 40.7 Å². The molecule has 0 fully saturated rings. The molecule has 14 heavy (non-hydrogen) atoms. The summed E-state index contributed by atoms with van der Waals surface area (Å²) in [6.45, 7) is 9.15. The van der Waals surface area contributed by atoms with E-state index in [-0.39, 0.29) is 5.41 Å². The zero-order valence-electron chi connectivity index (χ0n) is 9.46. The van der Waals surface area contributed by atoms with Gasteiger partial charge in [0.05, 0.1) is 6.20 Å². The van der Waals surface area contributed by atoms with Gasteiger partial charge < -0.3 is 0 Å². The minimum Gasteiger partial charge on any atom is -0.260 e. The summed E-state index contributed by atoms with van der Waals surface area (Å²) < 4.78 is 1.89. The minimum absolute atomic E-state index is 0.0841. The molecule has 1 heterocycles. The third-order valence-corrected chi connectivity index (χ3v) is 1.80. The highest BCUT2D eigenvalue weighted by atomic mass is 15.3. The molecule has 2 heteroatoms. The molecule has 0 amide bonds. The van der Waals surface area contributed by atoms with E-state index in [0.29, 0.717) is 6.54 Å². The third kappa shape index (κ3) is 3.66. The normalized spacial score (nSPS) is 10.9. The van der Waals surface area contributed by atoms with Crippen LogP contribution in [0, 0.1) is 17.3 Å². The van der Waals surface area contributed by atoms with Gasteiger partial charge in [0.1, 0.15) is 6.54 Å². The van der Waals surface area contributed by atoms with Crippen molar-refractivity contribution in [2.75, 3.05) is 0 Å². The lowest BCUT2D eigenvalue weighted by Gasteiger charge is -2.06. The first-order chi connectivity index (χ1) is 6.51. The van der Waals surface area contributed by atoms with Gasteiger partial charge in [-0.2, -0.15) is 5.10 Å². The van der Waals surface area contributed by atoms with Gasteiger partial charge in [-0.1, -0.05) is 18.8 Å². The lowest BCUT2D eigenvalue weighted by molar-refractivity contribution is 0.568. The molecule has 0 aliphatic carbocycles. The number of rotatable bonds is 2. The summed E-state index contributed by atoms with van der Waals surface area (Å²) in [6.07, 6.45) is 4.99. The summed E-state index contributed by atoms with van der Waals surface area (Å²) in [5, 5.41) is 4.22. The number of aromatic nitrogens is 2. The molecule has 0 N–H and O–H groups in total. The first-order valence-electron chi connectivity index (χ1n) is 5.02. The van der Waals surface area contributed by atoms with Gasteiger partial charge in [-0.05, 0) is 32.8 Å². The molecule has 1 aromatic heterocycles. The molecular weight excluding hydrogens is 172 g/mol. The van der Waals surface area contributed by atoms with Crippen molar-refractivity contribution >= 4 is 0 Å². The third-order valence-electron chi connectivity index (χ3n) is 1.80. The molecule has 0 aliphatic heterocycles. The average molecular weight is 190 g/mol. The Kier molecular flexibility index (Phi) is 3.35. The fraction of sp³-hybridized carbons (Fsp3) is 0.583. The van der Waals surface area contributed by atoms with E-state index in [9.17, 15) is 0 Å². The van der Waals surface area contributed by atoms with Crippen LogP contribution in [-0.4, -0.2) is 9.78 Å². The zero-order chi connectivity index (χ0) is 10.6. The monoisotopic (exact) mass is 190 g/mol. The SMILES string of the molecule is CCc1cnn(CC#CC(C)(C)C)c1. The van der Waals surface area contributed by atoms with Crippen molar-refractivity contribution in [3.63, 3.8) is 0 Å². The fourth-order valence-electron chi connectivity index (χ4n) is 1.06. The predicted octanol–water partition coefficient (Wildman–Crippen LogP) is 2.50. The Hall–Kier alpha value is -1.23. The second-order valence-corrected chi connectivity index (χ2v) is 4.45. The Morgan fingerprint density at radius 2 is 2.14 bits per heavy atom. The van der Waals surface area contributed by atoms with E-state index < -0.39 is 0 Å². The summed E-state index contributed by atoms with van der Waals surface area (Å²) >= 11 is 0. The Morgan fingerprint density at radius 3 is 2.64 bits per heavy atom. The van der Waals surface area contributed by atoms with Gasteiger partial charge in [0.25, 0.3) is 0 Å². The van der Waals surface area contributed by atoms with Crippen LogP contribution in [-0.2, 0) is 13.0 Å². The first-order valence-corrected chi connectivity index (χ1v) is 5.02. The highest BCUT2D eigenvalue weighted by Gasteiger charge is 2.02. The van der Waals surface area contributed by atoms with Gasteiger partial charge >= 0.3 is 0 Å². The van der Waals surface area contributed by atoms with Crippen LogP contribution in [0.5, 0.6) is 0 Å². The Balaban J connectivity index is 2.56. The van der Waals surface area contributed by atoms with Crippen LogP contribution in [0.2, 0.25) is 0 Å². The van der Waals surface area contributed by atoms with Crippen LogP contribution >= 0.6 is 0 Å². The van der Waals surface area contributed by atoms with Crippen molar-refractivity contribution in [1.29, 1.82) is 0 Å². The quantitative estimate of drug-likeness (QED) is 0.655. The minimum atomic E-state index is 0.0841. The maximum atomic E-state index is 4.22. The smallest absolute Gasteiger partial charge is 0.102 e. The topological polar surface area (TPSA) is 17.8 Å². The van der Waals surface area contributed by atoms with Crippen LogP contribution in [0.1, 0.15) is 33.3 Å². The second-order valence-electron chi connectivity index (χ2n) is 4.45. The van der Waals surface area contributed by atoms with Gasteiger partial charge in [0, 0.05) is 11.6 Å². The van der Waals surface area contributed by atoms with E-state index in [4.69, 9.17) is 0 Å². The molecule has 0 saturated heterocycles. The van der Waals surface area contributed by atoms with Crippen LogP contribution in [0.15, 0.2) is 12.4 Å². The van der Waals surface area contributed by atoms with Gasteiger partial charge in [-0.15, -0.1) is 0 Å². The Morgan fingerprint density at radius 1 is 1.43 bits per heavy atom.